The molecule has 0 unspecified atom stereocenters. The van der Waals surface area contributed by atoms with Crippen LogP contribution in [0.5, 0.6) is 11.5 Å². The van der Waals surface area contributed by atoms with E-state index in [-0.39, 0.29) is 35.7 Å². The lowest BCUT2D eigenvalue weighted by molar-refractivity contribution is -0.136. The summed E-state index contributed by atoms with van der Waals surface area (Å²) in [5.74, 6) is -0.231. The Balaban J connectivity index is 3.02. The molecule has 0 saturated heterocycles. The molecule has 0 heterocycles. The first-order valence-corrected chi connectivity index (χ1v) is 8.10. The van der Waals surface area contributed by atoms with E-state index in [4.69, 9.17) is 14.7 Å². The first kappa shape index (κ1) is 21.0. The molecule has 138 valence electrons. The molecule has 1 amide bonds. The Morgan fingerprint density at radius 3 is 2.54 bits per heavy atom. The Bertz CT molecular complexity index is 752. The molecular weight excluding hydrogens is 332 g/mol. The summed E-state index contributed by atoms with van der Waals surface area (Å²) in [5.41, 5.74) is 0.335. The third-order valence-corrected chi connectivity index (χ3v) is 3.17. The van der Waals surface area contributed by atoms with E-state index in [1.807, 2.05) is 26.8 Å². The van der Waals surface area contributed by atoms with Crippen LogP contribution in [0.25, 0.3) is 6.08 Å². The van der Waals surface area contributed by atoms with E-state index in [2.05, 4.69) is 11.9 Å². The summed E-state index contributed by atoms with van der Waals surface area (Å²) in [4.78, 5) is 23.9. The highest BCUT2D eigenvalue weighted by molar-refractivity contribution is 6.01. The van der Waals surface area contributed by atoms with Crippen LogP contribution in [0.2, 0.25) is 0 Å². The van der Waals surface area contributed by atoms with Crippen molar-refractivity contribution in [2.24, 2.45) is 5.41 Å². The minimum atomic E-state index is -0.493. The number of rotatable bonds is 7. The van der Waals surface area contributed by atoms with Gasteiger partial charge in [0.25, 0.3) is 5.91 Å². The van der Waals surface area contributed by atoms with Gasteiger partial charge in [-0.3, -0.25) is 9.59 Å². The Kier molecular flexibility index (Phi) is 7.60. The highest BCUT2D eigenvalue weighted by atomic mass is 16.6. The summed E-state index contributed by atoms with van der Waals surface area (Å²) in [5, 5.41) is 11.7. The van der Waals surface area contributed by atoms with Gasteiger partial charge in [-0.2, -0.15) is 5.26 Å². The molecule has 1 rings (SSSR count). The first-order valence-electron chi connectivity index (χ1n) is 8.10. The molecular formula is C20H24N2O4. The molecule has 1 aromatic carbocycles. The van der Waals surface area contributed by atoms with E-state index in [0.717, 1.165) is 0 Å². The second kappa shape index (κ2) is 9.42. The summed E-state index contributed by atoms with van der Waals surface area (Å²) in [7, 11) is 1.45. The van der Waals surface area contributed by atoms with Crippen molar-refractivity contribution in [3.05, 3.63) is 42.0 Å². The number of esters is 1. The van der Waals surface area contributed by atoms with Crippen molar-refractivity contribution in [3.8, 4) is 17.6 Å². The average molecular weight is 356 g/mol. The molecule has 0 aliphatic rings. The summed E-state index contributed by atoms with van der Waals surface area (Å²) >= 11 is 0. The fraction of sp³-hybridized carbons (Fsp3) is 0.350. The number of methoxy groups -OCH3 is 1. The predicted molar refractivity (Wildman–Crippen MR) is 99.5 cm³/mol. The van der Waals surface area contributed by atoms with Crippen LogP contribution in [0.1, 0.15) is 32.8 Å². The lowest BCUT2D eigenvalue weighted by Gasteiger charge is -2.17. The maximum Gasteiger partial charge on any atom is 0.311 e. The number of hydrogen-bond donors (Lipinski definition) is 1. The Morgan fingerprint density at radius 1 is 1.31 bits per heavy atom. The Labute approximate surface area is 154 Å². The number of nitrogens with zero attached hydrogens (tertiary/aromatic N) is 1. The second-order valence-corrected chi connectivity index (χ2v) is 6.79. The smallest absolute Gasteiger partial charge is 0.311 e. The summed E-state index contributed by atoms with van der Waals surface area (Å²) in [6, 6.07) is 6.66. The fourth-order valence-corrected chi connectivity index (χ4v) is 2.03. The molecule has 6 heteroatoms. The quantitative estimate of drug-likeness (QED) is 0.266. The Morgan fingerprint density at radius 2 is 2.00 bits per heavy atom. The van der Waals surface area contributed by atoms with Crippen LogP contribution < -0.4 is 14.8 Å². The molecule has 0 bridgehead atoms. The zero-order valence-corrected chi connectivity index (χ0v) is 15.6. The van der Waals surface area contributed by atoms with Gasteiger partial charge in [0.05, 0.1) is 13.5 Å². The normalized spacial score (nSPS) is 11.3. The molecule has 0 saturated carbocycles. The van der Waals surface area contributed by atoms with Crippen molar-refractivity contribution in [1.29, 1.82) is 5.26 Å². The highest BCUT2D eigenvalue weighted by Crippen LogP contribution is 2.30. The molecule has 0 aromatic heterocycles. The van der Waals surface area contributed by atoms with Crippen molar-refractivity contribution in [2.45, 2.75) is 27.2 Å². The van der Waals surface area contributed by atoms with Crippen LogP contribution >= 0.6 is 0 Å². The zero-order valence-electron chi connectivity index (χ0n) is 15.6. The van der Waals surface area contributed by atoms with Crippen molar-refractivity contribution in [2.75, 3.05) is 13.7 Å². The van der Waals surface area contributed by atoms with Gasteiger partial charge in [0.2, 0.25) is 0 Å². The van der Waals surface area contributed by atoms with Gasteiger partial charge in [-0.15, -0.1) is 6.58 Å². The molecule has 0 fully saturated rings. The number of carbonyl (C=O) groups excluding carboxylic acids is 2. The topological polar surface area (TPSA) is 88.4 Å². The third kappa shape index (κ3) is 6.81. The van der Waals surface area contributed by atoms with Gasteiger partial charge < -0.3 is 14.8 Å². The van der Waals surface area contributed by atoms with Crippen molar-refractivity contribution < 1.29 is 19.1 Å². The van der Waals surface area contributed by atoms with Gasteiger partial charge >= 0.3 is 5.97 Å². The molecule has 26 heavy (non-hydrogen) atoms. The van der Waals surface area contributed by atoms with Gasteiger partial charge in [-0.1, -0.05) is 32.9 Å². The summed E-state index contributed by atoms with van der Waals surface area (Å²) in [6.45, 7) is 9.61. The molecule has 6 nitrogen and oxygen atoms in total. The van der Waals surface area contributed by atoms with Gasteiger partial charge in [0.1, 0.15) is 11.6 Å². The van der Waals surface area contributed by atoms with E-state index in [9.17, 15) is 9.59 Å². The summed E-state index contributed by atoms with van der Waals surface area (Å²) < 4.78 is 10.6. The number of amides is 1. The predicted octanol–water partition coefficient (Wildman–Crippen LogP) is 3.25. The average Bonchev–Trinajstić information content (AvgIpc) is 2.56. The van der Waals surface area contributed by atoms with Crippen molar-refractivity contribution >= 4 is 18.0 Å². The monoisotopic (exact) mass is 356 g/mol. The van der Waals surface area contributed by atoms with Crippen LogP contribution in [0.15, 0.2) is 36.4 Å². The highest BCUT2D eigenvalue weighted by Gasteiger charge is 2.19. The SMILES string of the molecule is C=CCNC(=O)C(C#N)=Cc1ccc(OC(=O)CC(C)(C)C)c(OC)c1. The van der Waals surface area contributed by atoms with Gasteiger partial charge in [0.15, 0.2) is 11.5 Å². The minimum absolute atomic E-state index is 0.0496. The molecule has 0 spiro atoms. The number of benzene rings is 1. The van der Waals surface area contributed by atoms with E-state index in [0.29, 0.717) is 11.3 Å². The summed E-state index contributed by atoms with van der Waals surface area (Å²) in [6.07, 6.45) is 3.22. The lowest BCUT2D eigenvalue weighted by Crippen LogP contribution is -2.24. The van der Waals surface area contributed by atoms with E-state index < -0.39 is 5.91 Å². The molecule has 0 aliphatic carbocycles. The number of nitriles is 1. The number of hydrogen-bond acceptors (Lipinski definition) is 5. The minimum Gasteiger partial charge on any atom is -0.493 e. The molecule has 0 aliphatic heterocycles. The maximum atomic E-state index is 12.0. The second-order valence-electron chi connectivity index (χ2n) is 6.79. The lowest BCUT2D eigenvalue weighted by atomic mass is 9.92. The van der Waals surface area contributed by atoms with Gasteiger partial charge in [0, 0.05) is 6.54 Å². The maximum absolute atomic E-state index is 12.0. The van der Waals surface area contributed by atoms with E-state index >= 15 is 0 Å². The molecule has 0 radical (unpaired) electrons. The van der Waals surface area contributed by atoms with Crippen LogP contribution in [-0.2, 0) is 9.59 Å². The molecule has 0 atom stereocenters. The zero-order chi connectivity index (χ0) is 19.7. The number of ether oxygens (including phenoxy) is 2. The van der Waals surface area contributed by atoms with Crippen LogP contribution in [-0.4, -0.2) is 25.5 Å². The van der Waals surface area contributed by atoms with Crippen LogP contribution in [0.3, 0.4) is 0 Å². The van der Waals surface area contributed by atoms with E-state index in [1.165, 1.54) is 19.3 Å². The molecule has 1 aromatic rings. The standard InChI is InChI=1S/C20H24N2O4/c1-6-9-22-19(24)15(13-21)10-14-7-8-16(17(11-14)25-5)26-18(23)12-20(2,3)4/h6-8,10-11H,1,9,12H2,2-5H3,(H,22,24). The Hall–Kier alpha value is -3.07. The van der Waals surface area contributed by atoms with Crippen LogP contribution in [0, 0.1) is 16.7 Å². The van der Waals surface area contributed by atoms with Crippen molar-refractivity contribution in [3.63, 3.8) is 0 Å². The number of nitrogens with one attached hydrogen (secondary N) is 1. The largest absolute Gasteiger partial charge is 0.493 e. The van der Waals surface area contributed by atoms with Crippen LogP contribution in [0.4, 0.5) is 0 Å². The van der Waals surface area contributed by atoms with Gasteiger partial charge in [-0.25, -0.2) is 0 Å². The van der Waals surface area contributed by atoms with E-state index in [1.54, 1.807) is 18.2 Å². The number of carbonyl (C=O) groups is 2. The fourth-order valence-electron chi connectivity index (χ4n) is 2.03. The first-order chi connectivity index (χ1) is 12.2. The third-order valence-electron chi connectivity index (χ3n) is 3.17. The van der Waals surface area contributed by atoms with Crippen molar-refractivity contribution in [1.82, 2.24) is 5.32 Å². The van der Waals surface area contributed by atoms with Gasteiger partial charge in [-0.05, 0) is 29.2 Å². The molecule has 1 N–H and O–H groups in total.